The zero-order valence-corrected chi connectivity index (χ0v) is 18.9. The Morgan fingerprint density at radius 3 is 2.85 bits per heavy atom. The smallest absolute Gasteiger partial charge is 0.275 e. The summed E-state index contributed by atoms with van der Waals surface area (Å²) in [7, 11) is 0. The third kappa shape index (κ3) is 4.10. The molecule has 8 heteroatoms. The maximum absolute atomic E-state index is 13.4. The number of rotatable bonds is 7. The fraction of sp³-hybridized carbons (Fsp3) is 0.440. The number of nitrogens with one attached hydrogen (secondary N) is 1. The molecule has 0 spiro atoms. The lowest BCUT2D eigenvalue weighted by Gasteiger charge is -2.29. The van der Waals surface area contributed by atoms with E-state index in [1.165, 1.54) is 40.7 Å². The van der Waals surface area contributed by atoms with Crippen LogP contribution in [-0.4, -0.2) is 32.0 Å². The van der Waals surface area contributed by atoms with Crippen LogP contribution in [0.3, 0.4) is 0 Å². The minimum absolute atomic E-state index is 0.0755. The van der Waals surface area contributed by atoms with E-state index in [0.29, 0.717) is 5.92 Å². The molecule has 2 heterocycles. The zero-order chi connectivity index (χ0) is 22.9. The molecule has 0 radical (unpaired) electrons. The predicted octanol–water partition coefficient (Wildman–Crippen LogP) is 4.75. The van der Waals surface area contributed by atoms with Crippen LogP contribution in [0.5, 0.6) is 0 Å². The first kappa shape index (κ1) is 21.6. The summed E-state index contributed by atoms with van der Waals surface area (Å²) in [5.74, 6) is 0.236. The quantitative estimate of drug-likeness (QED) is 0.526. The van der Waals surface area contributed by atoms with Crippen LogP contribution in [0, 0.1) is 11.7 Å². The molecule has 0 fully saturated rings. The van der Waals surface area contributed by atoms with Gasteiger partial charge in [-0.1, -0.05) is 36.6 Å². The van der Waals surface area contributed by atoms with Gasteiger partial charge in [-0.2, -0.15) is 5.10 Å². The van der Waals surface area contributed by atoms with Gasteiger partial charge in [0.2, 0.25) is 0 Å². The minimum atomic E-state index is -0.245. The van der Waals surface area contributed by atoms with Gasteiger partial charge < -0.3 is 5.32 Å². The van der Waals surface area contributed by atoms with Gasteiger partial charge in [0.15, 0.2) is 5.69 Å². The van der Waals surface area contributed by atoms with E-state index in [4.69, 9.17) is 0 Å². The average Bonchev–Trinajstić information content (AvgIpc) is 3.55. The van der Waals surface area contributed by atoms with Crippen LogP contribution in [0.1, 0.15) is 73.6 Å². The molecule has 2 aliphatic rings. The van der Waals surface area contributed by atoms with Crippen molar-refractivity contribution in [2.24, 2.45) is 5.92 Å². The number of halogens is 1. The number of benzene rings is 1. The Labute approximate surface area is 192 Å². The molecule has 1 N–H and O–H groups in total. The van der Waals surface area contributed by atoms with Crippen molar-refractivity contribution < 1.29 is 13.8 Å². The topological polar surface area (TPSA) is 85.8 Å². The van der Waals surface area contributed by atoms with Crippen molar-refractivity contribution in [2.75, 3.05) is 0 Å². The van der Waals surface area contributed by atoms with Crippen LogP contribution in [0.4, 0.5) is 4.39 Å². The number of carbonyl (C=O) groups is 1. The molecular formula is C25H28FN5O2. The average molecular weight is 450 g/mol. The normalized spacial score (nSPS) is 20.5. The Hall–Kier alpha value is -3.29. The number of amides is 1. The number of aromatic nitrogens is 4. The molecule has 0 saturated carbocycles. The Balaban J connectivity index is 1.35. The van der Waals surface area contributed by atoms with Crippen molar-refractivity contribution in [3.05, 3.63) is 70.6 Å². The van der Waals surface area contributed by atoms with Gasteiger partial charge >= 0.3 is 0 Å². The third-order valence-corrected chi connectivity index (χ3v) is 7.06. The maximum atomic E-state index is 13.4. The predicted molar refractivity (Wildman–Crippen MR) is 120 cm³/mol. The monoisotopic (exact) mass is 449 g/mol. The first-order valence-electron chi connectivity index (χ1n) is 11.7. The second-order valence-electron chi connectivity index (χ2n) is 9.12. The second kappa shape index (κ2) is 8.92. The van der Waals surface area contributed by atoms with Crippen LogP contribution in [0.15, 0.2) is 52.4 Å². The summed E-state index contributed by atoms with van der Waals surface area (Å²) in [5.41, 5.74) is 6.55. The van der Waals surface area contributed by atoms with E-state index in [1.54, 1.807) is 12.1 Å². The molecule has 2 aromatic heterocycles. The Morgan fingerprint density at radius 1 is 1.30 bits per heavy atom. The molecule has 3 aromatic rings. The number of hydrogen-bond acceptors (Lipinski definition) is 5. The summed E-state index contributed by atoms with van der Waals surface area (Å²) >= 11 is 0. The fourth-order valence-corrected chi connectivity index (χ4v) is 5.60. The molecule has 2 aliphatic carbocycles. The number of allylic oxidation sites excluding steroid dienone is 2. The molecule has 172 valence electrons. The van der Waals surface area contributed by atoms with E-state index in [0.717, 1.165) is 44.2 Å². The van der Waals surface area contributed by atoms with Gasteiger partial charge in [-0.25, -0.2) is 13.7 Å². The number of hydrogen-bond donors (Lipinski definition) is 1. The highest BCUT2D eigenvalue weighted by Gasteiger charge is 2.37. The summed E-state index contributed by atoms with van der Waals surface area (Å²) in [4.78, 5) is 12.5. The van der Waals surface area contributed by atoms with Crippen LogP contribution in [-0.2, 0) is 6.42 Å². The van der Waals surface area contributed by atoms with E-state index in [2.05, 4.69) is 39.2 Å². The molecule has 33 heavy (non-hydrogen) atoms. The molecule has 1 aromatic carbocycles. The molecule has 5 rings (SSSR count). The minimum Gasteiger partial charge on any atom is -0.348 e. The molecule has 7 nitrogen and oxygen atoms in total. The van der Waals surface area contributed by atoms with Crippen molar-refractivity contribution in [3.63, 3.8) is 0 Å². The number of carbonyl (C=O) groups excluding carboxylic acids is 1. The van der Waals surface area contributed by atoms with Crippen molar-refractivity contribution in [1.29, 1.82) is 0 Å². The van der Waals surface area contributed by atoms with E-state index in [9.17, 15) is 9.18 Å². The van der Waals surface area contributed by atoms with Crippen LogP contribution < -0.4 is 5.32 Å². The lowest BCUT2D eigenvalue weighted by Crippen LogP contribution is -2.36. The van der Waals surface area contributed by atoms with Crippen LogP contribution in [0.25, 0.3) is 5.69 Å². The van der Waals surface area contributed by atoms with Gasteiger partial charge in [-0.15, -0.1) is 0 Å². The zero-order valence-electron chi connectivity index (χ0n) is 18.9. The lowest BCUT2D eigenvalue weighted by atomic mass is 9.78. The SMILES string of the molecule is CCCC(C[C@H]1CCC2=C1[C@@H](C)c1cnn(-c3ccc(F)cc3)c1C2)NC(=O)c1cnon1. The van der Waals surface area contributed by atoms with E-state index >= 15 is 0 Å². The molecule has 0 aliphatic heterocycles. The Kier molecular flexibility index (Phi) is 5.83. The van der Waals surface area contributed by atoms with E-state index in [1.807, 2.05) is 10.9 Å². The Morgan fingerprint density at radius 2 is 2.12 bits per heavy atom. The summed E-state index contributed by atoms with van der Waals surface area (Å²) < 4.78 is 19.9. The first-order valence-corrected chi connectivity index (χ1v) is 11.7. The van der Waals surface area contributed by atoms with Crippen molar-refractivity contribution in [2.45, 2.75) is 64.3 Å². The van der Waals surface area contributed by atoms with E-state index in [-0.39, 0.29) is 29.4 Å². The van der Waals surface area contributed by atoms with Gasteiger partial charge in [-0.05, 0) is 61.0 Å². The third-order valence-electron chi connectivity index (χ3n) is 7.06. The summed E-state index contributed by atoms with van der Waals surface area (Å²) in [6, 6.07) is 6.58. The number of nitrogens with zero attached hydrogens (tertiary/aromatic N) is 4. The summed E-state index contributed by atoms with van der Waals surface area (Å²) in [6.07, 6.45) is 9.17. The first-order chi connectivity index (χ1) is 16.0. The van der Waals surface area contributed by atoms with Crippen molar-refractivity contribution in [3.8, 4) is 5.69 Å². The highest BCUT2D eigenvalue weighted by atomic mass is 19.1. The van der Waals surface area contributed by atoms with Crippen LogP contribution in [0.2, 0.25) is 0 Å². The summed E-state index contributed by atoms with van der Waals surface area (Å²) in [5, 5.41) is 15.0. The maximum Gasteiger partial charge on any atom is 0.275 e. The standard InChI is InChI=1S/C25H28FN5O2/c1-3-4-19(29-25(32)22-14-28-33-30-22)11-16-5-6-17-12-23-21(15(2)24(16)17)13-27-31(23)20-9-7-18(26)8-10-20/h7-10,13-16,19H,3-6,11-12H2,1-2H3,(H,29,32)/t15-,16+,19?/m0/s1. The van der Waals surface area contributed by atoms with Gasteiger partial charge in [0.1, 0.15) is 12.0 Å². The van der Waals surface area contributed by atoms with Gasteiger partial charge in [0.05, 0.1) is 17.6 Å². The largest absolute Gasteiger partial charge is 0.348 e. The van der Waals surface area contributed by atoms with Gasteiger partial charge in [0.25, 0.3) is 5.91 Å². The second-order valence-corrected chi connectivity index (χ2v) is 9.12. The van der Waals surface area contributed by atoms with Crippen LogP contribution >= 0.6 is 0 Å². The van der Waals surface area contributed by atoms with Gasteiger partial charge in [0, 0.05) is 23.9 Å². The number of fused-ring (bicyclic) bond motifs is 1. The fourth-order valence-electron chi connectivity index (χ4n) is 5.60. The molecule has 0 saturated heterocycles. The van der Waals surface area contributed by atoms with Crippen molar-refractivity contribution in [1.82, 2.24) is 25.4 Å². The highest BCUT2D eigenvalue weighted by molar-refractivity contribution is 5.91. The molecule has 1 amide bonds. The van der Waals surface area contributed by atoms with E-state index < -0.39 is 0 Å². The summed E-state index contributed by atoms with van der Waals surface area (Å²) in [6.45, 7) is 4.40. The molecule has 0 bridgehead atoms. The lowest BCUT2D eigenvalue weighted by molar-refractivity contribution is 0.0919. The van der Waals surface area contributed by atoms with Gasteiger partial charge in [-0.3, -0.25) is 4.79 Å². The van der Waals surface area contributed by atoms with Crippen molar-refractivity contribution >= 4 is 5.91 Å². The molecule has 1 unspecified atom stereocenters. The Bertz CT molecular complexity index is 1170. The molecule has 3 atom stereocenters. The molecular weight excluding hydrogens is 421 g/mol. The highest BCUT2D eigenvalue weighted by Crippen LogP contribution is 2.48.